The van der Waals surface area contributed by atoms with Crippen molar-refractivity contribution in [3.05, 3.63) is 29.8 Å². The van der Waals surface area contributed by atoms with Crippen LogP contribution in [-0.4, -0.2) is 45.8 Å². The van der Waals surface area contributed by atoms with Crippen molar-refractivity contribution in [2.45, 2.75) is 30.7 Å². The molecular weight excluding hydrogens is 343 g/mol. The van der Waals surface area contributed by atoms with Crippen molar-refractivity contribution in [1.29, 1.82) is 0 Å². The van der Waals surface area contributed by atoms with Crippen LogP contribution in [0.4, 0.5) is 0 Å². The molecule has 1 fully saturated rings. The number of benzene rings is 1. The van der Waals surface area contributed by atoms with Crippen molar-refractivity contribution in [3.8, 4) is 0 Å². The maximum atomic E-state index is 11.5. The van der Waals surface area contributed by atoms with Crippen molar-refractivity contribution in [3.63, 3.8) is 0 Å². The van der Waals surface area contributed by atoms with Crippen LogP contribution in [0, 0.1) is 0 Å². The van der Waals surface area contributed by atoms with Crippen LogP contribution in [0.15, 0.2) is 29.2 Å². The van der Waals surface area contributed by atoms with Gasteiger partial charge in [0.1, 0.15) is 0 Å². The van der Waals surface area contributed by atoms with Gasteiger partial charge in [0.05, 0.1) is 4.90 Å². The molecule has 0 unspecified atom stereocenters. The fraction of sp³-hybridized carbons (Fsp3) is 0.600. The van der Waals surface area contributed by atoms with E-state index >= 15 is 0 Å². The van der Waals surface area contributed by atoms with E-state index in [1.165, 1.54) is 11.8 Å². The van der Waals surface area contributed by atoms with Gasteiger partial charge in [0.25, 0.3) is 0 Å². The van der Waals surface area contributed by atoms with Crippen molar-refractivity contribution in [2.24, 2.45) is 0 Å². The van der Waals surface area contributed by atoms with Gasteiger partial charge in [-0.3, -0.25) is 4.90 Å². The van der Waals surface area contributed by atoms with Crippen molar-refractivity contribution >= 4 is 34.7 Å². The molecule has 1 aliphatic heterocycles. The lowest BCUT2D eigenvalue weighted by molar-refractivity contribution is 0.164. The first-order chi connectivity index (χ1) is 9.52. The number of nitrogens with zero attached hydrogens (tertiary/aromatic N) is 1. The number of sulfone groups is 1. The van der Waals surface area contributed by atoms with Crippen LogP contribution in [-0.2, 0) is 9.84 Å². The summed E-state index contributed by atoms with van der Waals surface area (Å²) >= 11 is 0. The second-order valence-corrected chi connectivity index (χ2v) is 7.45. The van der Waals surface area contributed by atoms with E-state index in [1.54, 1.807) is 12.1 Å². The molecule has 1 saturated heterocycles. The highest BCUT2D eigenvalue weighted by Gasteiger charge is 2.21. The summed E-state index contributed by atoms with van der Waals surface area (Å²) in [6.45, 7) is 6.36. The van der Waals surface area contributed by atoms with Gasteiger partial charge in [0, 0.05) is 38.5 Å². The van der Waals surface area contributed by atoms with E-state index in [1.807, 2.05) is 12.1 Å². The van der Waals surface area contributed by atoms with E-state index < -0.39 is 9.84 Å². The Morgan fingerprint density at radius 1 is 1.14 bits per heavy atom. The van der Waals surface area contributed by atoms with E-state index in [-0.39, 0.29) is 24.8 Å². The van der Waals surface area contributed by atoms with Crippen LogP contribution in [0.5, 0.6) is 0 Å². The minimum Gasteiger partial charge on any atom is -0.314 e. The molecule has 4 nitrogen and oxygen atoms in total. The third-order valence-electron chi connectivity index (χ3n) is 3.85. The molecule has 0 spiro atoms. The van der Waals surface area contributed by atoms with Gasteiger partial charge < -0.3 is 5.32 Å². The van der Waals surface area contributed by atoms with Crippen LogP contribution >= 0.6 is 24.8 Å². The number of nitrogens with one attached hydrogen (secondary N) is 1. The molecule has 1 aliphatic rings. The normalized spacial score (nSPS) is 17.2. The third-order valence-corrected chi connectivity index (χ3v) is 4.98. The van der Waals surface area contributed by atoms with E-state index in [2.05, 4.69) is 17.1 Å². The van der Waals surface area contributed by atoms with E-state index in [0.717, 1.165) is 39.0 Å². The average Bonchev–Trinajstić information content (AvgIpc) is 2.45. The summed E-state index contributed by atoms with van der Waals surface area (Å²) in [7, 11) is -3.11. The summed E-state index contributed by atoms with van der Waals surface area (Å²) < 4.78 is 23.0. The second kappa shape index (κ2) is 9.73. The third kappa shape index (κ3) is 5.70. The number of hydrogen-bond donors (Lipinski definition) is 1. The number of hydrogen-bond acceptors (Lipinski definition) is 4. The summed E-state index contributed by atoms with van der Waals surface area (Å²) in [4.78, 5) is 2.90. The summed E-state index contributed by atoms with van der Waals surface area (Å²) in [5, 5.41) is 3.37. The summed E-state index contributed by atoms with van der Waals surface area (Å²) in [5.41, 5.74) is 1.22. The first kappa shape index (κ1) is 21.7. The van der Waals surface area contributed by atoms with Gasteiger partial charge in [-0.25, -0.2) is 8.42 Å². The number of rotatable bonds is 5. The van der Waals surface area contributed by atoms with Crippen LogP contribution in [0.25, 0.3) is 0 Å². The zero-order valence-corrected chi connectivity index (χ0v) is 15.6. The topological polar surface area (TPSA) is 49.4 Å². The van der Waals surface area contributed by atoms with Gasteiger partial charge in [0.2, 0.25) is 0 Å². The molecular formula is C15H26Cl2N2O2S. The summed E-state index contributed by atoms with van der Waals surface area (Å²) in [6.07, 6.45) is 3.49. The van der Waals surface area contributed by atoms with Crippen LogP contribution in [0.3, 0.4) is 0 Å². The Balaban J connectivity index is 0.00000220. The predicted molar refractivity (Wildman–Crippen MR) is 96.1 cm³/mol. The first-order valence-electron chi connectivity index (χ1n) is 7.27. The molecule has 128 valence electrons. The first-order valence-corrected chi connectivity index (χ1v) is 9.16. The largest absolute Gasteiger partial charge is 0.314 e. The van der Waals surface area contributed by atoms with E-state index in [0.29, 0.717) is 10.9 Å². The maximum absolute atomic E-state index is 11.5. The fourth-order valence-electron chi connectivity index (χ4n) is 2.76. The highest BCUT2D eigenvalue weighted by Crippen LogP contribution is 2.27. The average molecular weight is 369 g/mol. The maximum Gasteiger partial charge on any atom is 0.175 e. The molecule has 0 saturated carbocycles. The van der Waals surface area contributed by atoms with Gasteiger partial charge >= 0.3 is 0 Å². The molecule has 0 radical (unpaired) electrons. The van der Waals surface area contributed by atoms with Gasteiger partial charge in [-0.05, 0) is 24.1 Å². The lowest BCUT2D eigenvalue weighted by Crippen LogP contribution is -2.45. The lowest BCUT2D eigenvalue weighted by atomic mass is 10.00. The highest BCUT2D eigenvalue weighted by atomic mass is 35.5. The Morgan fingerprint density at radius 2 is 1.68 bits per heavy atom. The molecule has 0 aromatic heterocycles. The minimum absolute atomic E-state index is 0. The molecule has 1 aromatic carbocycles. The van der Waals surface area contributed by atoms with Gasteiger partial charge in [0.15, 0.2) is 9.84 Å². The summed E-state index contributed by atoms with van der Waals surface area (Å²) in [5.74, 6) is 0. The Hall–Kier alpha value is -0.330. The molecule has 7 heteroatoms. The number of halogens is 2. The molecule has 1 N–H and O–H groups in total. The van der Waals surface area contributed by atoms with Crippen molar-refractivity contribution in [1.82, 2.24) is 10.2 Å². The van der Waals surface area contributed by atoms with Crippen molar-refractivity contribution < 1.29 is 8.42 Å². The van der Waals surface area contributed by atoms with E-state index in [9.17, 15) is 8.42 Å². The van der Waals surface area contributed by atoms with E-state index in [4.69, 9.17) is 0 Å². The fourth-order valence-corrected chi connectivity index (χ4v) is 3.39. The Morgan fingerprint density at radius 3 is 2.14 bits per heavy atom. The van der Waals surface area contributed by atoms with Gasteiger partial charge in [-0.2, -0.15) is 0 Å². The smallest absolute Gasteiger partial charge is 0.175 e. The van der Waals surface area contributed by atoms with Crippen LogP contribution in [0.1, 0.15) is 31.4 Å². The Kier molecular flexibility index (Phi) is 9.58. The quantitative estimate of drug-likeness (QED) is 0.867. The monoisotopic (exact) mass is 368 g/mol. The lowest BCUT2D eigenvalue weighted by Gasteiger charge is -2.35. The number of piperazine rings is 1. The molecule has 0 amide bonds. The van der Waals surface area contributed by atoms with Crippen LogP contribution < -0.4 is 5.32 Å². The predicted octanol–water partition coefficient (Wildman–Crippen LogP) is 2.68. The molecule has 0 aliphatic carbocycles. The van der Waals surface area contributed by atoms with Gasteiger partial charge in [-0.1, -0.05) is 25.5 Å². The molecule has 22 heavy (non-hydrogen) atoms. The highest BCUT2D eigenvalue weighted by molar-refractivity contribution is 7.90. The summed E-state index contributed by atoms with van der Waals surface area (Å²) in [6, 6.07) is 7.80. The van der Waals surface area contributed by atoms with Gasteiger partial charge in [-0.15, -0.1) is 24.8 Å². The standard InChI is InChI=1S/C15H24N2O2S.2ClH/c1-3-4-15(17-11-9-16-10-12-17)13-5-7-14(8-6-13)20(2,18)19;;/h5-8,15-16H,3-4,9-12H2,1-2H3;2*1H/t15-;;/m0../s1. The zero-order chi connectivity index (χ0) is 14.6. The Bertz CT molecular complexity index is 529. The van der Waals surface area contributed by atoms with Crippen LogP contribution in [0.2, 0.25) is 0 Å². The molecule has 1 heterocycles. The van der Waals surface area contributed by atoms with Crippen molar-refractivity contribution in [2.75, 3.05) is 32.4 Å². The molecule has 2 rings (SSSR count). The SMILES string of the molecule is CCC[C@@H](c1ccc(S(C)(=O)=O)cc1)N1CCNCC1.Cl.Cl. The molecule has 0 bridgehead atoms. The Labute approximate surface area is 146 Å². The molecule has 1 atom stereocenters. The zero-order valence-electron chi connectivity index (χ0n) is 13.1. The molecule has 1 aromatic rings. The minimum atomic E-state index is -3.11. The second-order valence-electron chi connectivity index (χ2n) is 5.43.